The number of rotatable bonds is 7. The molecule has 0 aromatic heterocycles. The highest BCUT2D eigenvalue weighted by Gasteiger charge is 2.28. The van der Waals surface area contributed by atoms with Crippen molar-refractivity contribution in [3.63, 3.8) is 0 Å². The number of hydrogen-bond donors (Lipinski definition) is 3. The predicted octanol–water partition coefficient (Wildman–Crippen LogP) is 1.41. The summed E-state index contributed by atoms with van der Waals surface area (Å²) in [6, 6.07) is 6.73. The molecule has 2 rings (SSSR count). The summed E-state index contributed by atoms with van der Waals surface area (Å²) in [6.45, 7) is 0.781. The van der Waals surface area contributed by atoms with E-state index in [9.17, 15) is 14.7 Å². The number of benzene rings is 1. The molecule has 1 unspecified atom stereocenters. The zero-order valence-electron chi connectivity index (χ0n) is 11.6. The van der Waals surface area contributed by atoms with Crippen LogP contribution in [-0.2, 0) is 9.59 Å². The highest BCUT2D eigenvalue weighted by atomic mass is 35.5. The van der Waals surface area contributed by atoms with E-state index in [2.05, 4.69) is 10.6 Å². The third-order valence-electron chi connectivity index (χ3n) is 3.33. The summed E-state index contributed by atoms with van der Waals surface area (Å²) in [6.07, 6.45) is 1.05. The van der Waals surface area contributed by atoms with Crippen molar-refractivity contribution in [2.75, 3.05) is 13.1 Å². The van der Waals surface area contributed by atoms with Crippen molar-refractivity contribution in [3.05, 3.63) is 34.9 Å². The molecule has 5 nitrogen and oxygen atoms in total. The molecule has 114 valence electrons. The van der Waals surface area contributed by atoms with E-state index < -0.39 is 6.10 Å². The highest BCUT2D eigenvalue weighted by Crippen LogP contribution is 2.28. The number of aliphatic hydroxyl groups is 1. The first-order chi connectivity index (χ1) is 10.1. The van der Waals surface area contributed by atoms with Crippen LogP contribution in [0, 0.1) is 5.92 Å². The van der Waals surface area contributed by atoms with Gasteiger partial charge in [-0.3, -0.25) is 9.59 Å². The van der Waals surface area contributed by atoms with Gasteiger partial charge >= 0.3 is 0 Å². The fraction of sp³-hybridized carbons (Fsp3) is 0.467. The fourth-order valence-corrected chi connectivity index (χ4v) is 2.05. The van der Waals surface area contributed by atoms with E-state index in [-0.39, 0.29) is 24.2 Å². The SMILES string of the molecule is O=C(CC(O)c1ccc(Cl)cc1)NCCNC(=O)C1CC1. The standard InChI is InChI=1S/C15H19ClN2O3/c16-12-5-3-10(4-6-12)13(19)9-14(20)17-7-8-18-15(21)11-1-2-11/h3-6,11,13,19H,1-2,7-9H2,(H,17,20)(H,18,21). The van der Waals surface area contributed by atoms with Gasteiger partial charge in [0.2, 0.25) is 11.8 Å². The summed E-state index contributed by atoms with van der Waals surface area (Å²) in [5.74, 6) is -0.0176. The van der Waals surface area contributed by atoms with Crippen LogP contribution in [0.3, 0.4) is 0 Å². The van der Waals surface area contributed by atoms with E-state index in [1.54, 1.807) is 24.3 Å². The second kappa shape index (κ2) is 7.43. The zero-order chi connectivity index (χ0) is 15.2. The Morgan fingerprint density at radius 2 is 1.81 bits per heavy atom. The molecule has 6 heteroatoms. The quantitative estimate of drug-likeness (QED) is 0.666. The first kappa shape index (κ1) is 15.8. The predicted molar refractivity (Wildman–Crippen MR) is 79.8 cm³/mol. The Morgan fingerprint density at radius 1 is 1.19 bits per heavy atom. The van der Waals surface area contributed by atoms with Gasteiger partial charge in [0.25, 0.3) is 0 Å². The molecule has 21 heavy (non-hydrogen) atoms. The molecule has 1 aromatic rings. The van der Waals surface area contributed by atoms with Crippen molar-refractivity contribution in [1.29, 1.82) is 0 Å². The third kappa shape index (κ3) is 5.36. The van der Waals surface area contributed by atoms with Gasteiger partial charge in [-0.1, -0.05) is 23.7 Å². The molecule has 0 spiro atoms. The first-order valence-corrected chi connectivity index (χ1v) is 7.42. The molecule has 3 N–H and O–H groups in total. The van der Waals surface area contributed by atoms with Gasteiger partial charge in [0, 0.05) is 24.0 Å². The van der Waals surface area contributed by atoms with E-state index in [4.69, 9.17) is 11.6 Å². The molecule has 1 aliphatic rings. The Kier molecular flexibility index (Phi) is 5.59. The van der Waals surface area contributed by atoms with Crippen molar-refractivity contribution in [2.24, 2.45) is 5.92 Å². The van der Waals surface area contributed by atoms with Crippen LogP contribution in [0.5, 0.6) is 0 Å². The normalized spacial score (nSPS) is 15.3. The van der Waals surface area contributed by atoms with Crippen LogP contribution >= 0.6 is 11.6 Å². The van der Waals surface area contributed by atoms with E-state index in [1.165, 1.54) is 0 Å². The second-order valence-corrected chi connectivity index (χ2v) is 5.62. The summed E-state index contributed by atoms with van der Waals surface area (Å²) in [7, 11) is 0. The average molecular weight is 311 g/mol. The monoisotopic (exact) mass is 310 g/mol. The second-order valence-electron chi connectivity index (χ2n) is 5.19. The Bertz CT molecular complexity index is 500. The van der Waals surface area contributed by atoms with Crippen molar-refractivity contribution < 1.29 is 14.7 Å². The van der Waals surface area contributed by atoms with Gasteiger partial charge in [-0.25, -0.2) is 0 Å². The van der Waals surface area contributed by atoms with Crippen LogP contribution in [-0.4, -0.2) is 30.0 Å². The minimum absolute atomic E-state index is 0.0157. The van der Waals surface area contributed by atoms with Gasteiger partial charge in [-0.2, -0.15) is 0 Å². The minimum atomic E-state index is -0.858. The number of hydrogen-bond acceptors (Lipinski definition) is 3. The molecule has 1 atom stereocenters. The van der Waals surface area contributed by atoms with Crippen LogP contribution in [0.25, 0.3) is 0 Å². The largest absolute Gasteiger partial charge is 0.388 e. The average Bonchev–Trinajstić information content (AvgIpc) is 3.28. The van der Waals surface area contributed by atoms with E-state index >= 15 is 0 Å². The molecule has 0 aliphatic heterocycles. The summed E-state index contributed by atoms with van der Waals surface area (Å²) < 4.78 is 0. The third-order valence-corrected chi connectivity index (χ3v) is 3.58. The molecule has 1 fully saturated rings. The lowest BCUT2D eigenvalue weighted by molar-refractivity contribution is -0.124. The number of halogens is 1. The molecular weight excluding hydrogens is 292 g/mol. The van der Waals surface area contributed by atoms with E-state index in [1.807, 2.05) is 0 Å². The Morgan fingerprint density at radius 3 is 2.43 bits per heavy atom. The molecule has 0 saturated heterocycles. The number of carbonyl (C=O) groups is 2. The van der Waals surface area contributed by atoms with Gasteiger partial charge < -0.3 is 15.7 Å². The van der Waals surface area contributed by atoms with Gasteiger partial charge in [0.15, 0.2) is 0 Å². The summed E-state index contributed by atoms with van der Waals surface area (Å²) >= 11 is 5.76. The summed E-state index contributed by atoms with van der Waals surface area (Å²) in [5, 5.41) is 15.9. The highest BCUT2D eigenvalue weighted by molar-refractivity contribution is 6.30. The van der Waals surface area contributed by atoms with Crippen molar-refractivity contribution in [2.45, 2.75) is 25.4 Å². The van der Waals surface area contributed by atoms with Gasteiger partial charge in [0.1, 0.15) is 0 Å². The number of carbonyl (C=O) groups excluding carboxylic acids is 2. The van der Waals surface area contributed by atoms with E-state index in [0.29, 0.717) is 23.7 Å². The molecule has 1 saturated carbocycles. The lowest BCUT2D eigenvalue weighted by Gasteiger charge is -2.11. The lowest BCUT2D eigenvalue weighted by atomic mass is 10.1. The maximum Gasteiger partial charge on any atom is 0.223 e. The lowest BCUT2D eigenvalue weighted by Crippen LogP contribution is -2.35. The molecule has 0 radical (unpaired) electrons. The van der Waals surface area contributed by atoms with Crippen LogP contribution in [0.1, 0.15) is 30.9 Å². The molecular formula is C15H19ClN2O3. The van der Waals surface area contributed by atoms with Crippen molar-refractivity contribution in [1.82, 2.24) is 10.6 Å². The van der Waals surface area contributed by atoms with Crippen molar-refractivity contribution in [3.8, 4) is 0 Å². The molecule has 2 amide bonds. The van der Waals surface area contributed by atoms with E-state index in [0.717, 1.165) is 12.8 Å². The first-order valence-electron chi connectivity index (χ1n) is 7.04. The smallest absolute Gasteiger partial charge is 0.223 e. The van der Waals surface area contributed by atoms with Crippen LogP contribution in [0.4, 0.5) is 0 Å². The number of nitrogens with one attached hydrogen (secondary N) is 2. The molecule has 0 bridgehead atoms. The fourth-order valence-electron chi connectivity index (χ4n) is 1.93. The molecule has 0 heterocycles. The summed E-state index contributed by atoms with van der Waals surface area (Å²) in [4.78, 5) is 23.0. The van der Waals surface area contributed by atoms with Gasteiger partial charge in [-0.05, 0) is 30.5 Å². The number of amides is 2. The van der Waals surface area contributed by atoms with Crippen molar-refractivity contribution >= 4 is 23.4 Å². The maximum atomic E-state index is 11.7. The Hall–Kier alpha value is -1.59. The zero-order valence-corrected chi connectivity index (χ0v) is 12.4. The Labute approximate surface area is 128 Å². The van der Waals surface area contributed by atoms with Crippen LogP contribution < -0.4 is 10.6 Å². The van der Waals surface area contributed by atoms with Gasteiger partial charge in [-0.15, -0.1) is 0 Å². The summed E-state index contributed by atoms with van der Waals surface area (Å²) in [5.41, 5.74) is 0.650. The van der Waals surface area contributed by atoms with Crippen LogP contribution in [0.2, 0.25) is 5.02 Å². The minimum Gasteiger partial charge on any atom is -0.388 e. The maximum absolute atomic E-state index is 11.7. The topological polar surface area (TPSA) is 78.4 Å². The number of aliphatic hydroxyl groups excluding tert-OH is 1. The molecule has 1 aliphatic carbocycles. The van der Waals surface area contributed by atoms with Gasteiger partial charge in [0.05, 0.1) is 12.5 Å². The molecule has 1 aromatic carbocycles. The van der Waals surface area contributed by atoms with Crippen LogP contribution in [0.15, 0.2) is 24.3 Å². The Balaban J connectivity index is 1.64.